The average molecular weight is 351 g/mol. The SMILES string of the molecule is CCOC(=O)c1cnn2c1nnc1c(N)n(-c3ccccc3)c(=O)nc12. The molecule has 0 saturated heterocycles. The second-order valence-corrected chi connectivity index (χ2v) is 5.34. The first-order valence-electron chi connectivity index (χ1n) is 7.77. The van der Waals surface area contributed by atoms with Crippen LogP contribution in [0.3, 0.4) is 0 Å². The molecule has 4 rings (SSSR count). The molecule has 10 nitrogen and oxygen atoms in total. The second kappa shape index (κ2) is 5.92. The number of benzene rings is 1. The van der Waals surface area contributed by atoms with Gasteiger partial charge in [0.05, 0.1) is 18.5 Å². The summed E-state index contributed by atoms with van der Waals surface area (Å²) >= 11 is 0. The maximum atomic E-state index is 12.5. The third-order valence-electron chi connectivity index (χ3n) is 3.79. The van der Waals surface area contributed by atoms with Gasteiger partial charge in [0.15, 0.2) is 16.8 Å². The number of esters is 1. The normalized spacial score (nSPS) is 11.1. The van der Waals surface area contributed by atoms with E-state index in [9.17, 15) is 9.59 Å². The molecule has 0 unspecified atom stereocenters. The highest BCUT2D eigenvalue weighted by atomic mass is 16.5. The number of nitrogens with zero attached hydrogens (tertiary/aromatic N) is 6. The minimum absolute atomic E-state index is 0.0776. The molecule has 0 aliphatic rings. The lowest BCUT2D eigenvalue weighted by atomic mass is 10.3. The highest BCUT2D eigenvalue weighted by Crippen LogP contribution is 2.19. The van der Waals surface area contributed by atoms with Crippen molar-refractivity contribution in [3.05, 3.63) is 52.6 Å². The average Bonchev–Trinajstić information content (AvgIpc) is 3.07. The molecular weight excluding hydrogens is 338 g/mol. The van der Waals surface area contributed by atoms with E-state index in [1.54, 1.807) is 31.2 Å². The van der Waals surface area contributed by atoms with Crippen LogP contribution < -0.4 is 11.4 Å². The number of nitrogen functional groups attached to an aromatic ring is 1. The number of aromatic nitrogens is 6. The molecule has 0 atom stereocenters. The maximum absolute atomic E-state index is 12.5. The predicted molar refractivity (Wildman–Crippen MR) is 92.0 cm³/mol. The first kappa shape index (κ1) is 15.7. The summed E-state index contributed by atoms with van der Waals surface area (Å²) in [6, 6.07) is 8.83. The van der Waals surface area contributed by atoms with Gasteiger partial charge in [-0.2, -0.15) is 14.6 Å². The molecule has 0 amide bonds. The van der Waals surface area contributed by atoms with Crippen LogP contribution in [0.4, 0.5) is 5.82 Å². The van der Waals surface area contributed by atoms with E-state index in [0.717, 1.165) is 0 Å². The predicted octanol–water partition coefficient (Wildman–Crippen LogP) is 0.582. The number of nitrogens with two attached hydrogens (primary N) is 1. The Morgan fingerprint density at radius 1 is 1.19 bits per heavy atom. The van der Waals surface area contributed by atoms with Gasteiger partial charge in [0.2, 0.25) is 0 Å². The first-order chi connectivity index (χ1) is 12.6. The molecule has 0 bridgehead atoms. The number of carbonyl (C=O) groups is 1. The molecule has 0 aliphatic heterocycles. The summed E-state index contributed by atoms with van der Waals surface area (Å²) in [6.07, 6.45) is 1.29. The highest BCUT2D eigenvalue weighted by molar-refractivity contribution is 5.96. The number of carbonyl (C=O) groups excluding carboxylic acids is 1. The quantitative estimate of drug-likeness (QED) is 0.531. The van der Waals surface area contributed by atoms with Crippen LogP contribution in [0.2, 0.25) is 0 Å². The summed E-state index contributed by atoms with van der Waals surface area (Å²) in [5, 5.41) is 12.1. The van der Waals surface area contributed by atoms with Crippen molar-refractivity contribution in [3.63, 3.8) is 0 Å². The first-order valence-corrected chi connectivity index (χ1v) is 7.77. The number of hydrogen-bond acceptors (Lipinski definition) is 8. The maximum Gasteiger partial charge on any atom is 0.355 e. The fraction of sp³-hybridized carbons (Fsp3) is 0.125. The zero-order valence-electron chi connectivity index (χ0n) is 13.7. The van der Waals surface area contributed by atoms with Gasteiger partial charge in [0.1, 0.15) is 11.4 Å². The number of para-hydroxylation sites is 1. The smallest absolute Gasteiger partial charge is 0.355 e. The minimum atomic E-state index is -0.594. The molecule has 3 heterocycles. The molecule has 0 saturated carbocycles. The Hall–Kier alpha value is -3.82. The van der Waals surface area contributed by atoms with Crippen molar-refractivity contribution in [2.45, 2.75) is 6.92 Å². The third kappa shape index (κ3) is 2.27. The van der Waals surface area contributed by atoms with E-state index >= 15 is 0 Å². The van der Waals surface area contributed by atoms with Gasteiger partial charge in [0.25, 0.3) is 0 Å². The zero-order valence-corrected chi connectivity index (χ0v) is 13.7. The van der Waals surface area contributed by atoms with Gasteiger partial charge < -0.3 is 10.5 Å². The van der Waals surface area contributed by atoms with Crippen molar-refractivity contribution in [3.8, 4) is 5.69 Å². The summed E-state index contributed by atoms with van der Waals surface area (Å²) in [5.41, 5.74) is 6.68. The molecule has 0 radical (unpaired) electrons. The lowest BCUT2D eigenvalue weighted by Crippen LogP contribution is -2.25. The van der Waals surface area contributed by atoms with Gasteiger partial charge in [-0.1, -0.05) is 18.2 Å². The van der Waals surface area contributed by atoms with Crippen molar-refractivity contribution in [1.29, 1.82) is 0 Å². The van der Waals surface area contributed by atoms with Crippen LogP contribution in [0, 0.1) is 0 Å². The van der Waals surface area contributed by atoms with Gasteiger partial charge in [-0.05, 0) is 19.1 Å². The van der Waals surface area contributed by atoms with E-state index < -0.39 is 11.7 Å². The molecule has 0 fully saturated rings. The Morgan fingerprint density at radius 2 is 1.96 bits per heavy atom. The molecule has 130 valence electrons. The molecule has 0 spiro atoms. The molecule has 0 aliphatic carbocycles. The Morgan fingerprint density at radius 3 is 2.69 bits per heavy atom. The van der Waals surface area contributed by atoms with Gasteiger partial charge >= 0.3 is 11.7 Å². The van der Waals surface area contributed by atoms with Gasteiger partial charge in [0, 0.05) is 0 Å². The second-order valence-electron chi connectivity index (χ2n) is 5.34. The van der Waals surface area contributed by atoms with E-state index in [0.29, 0.717) is 5.69 Å². The summed E-state index contributed by atoms with van der Waals surface area (Å²) < 4.78 is 7.45. The Kier molecular flexibility index (Phi) is 3.57. The number of hydrogen-bond donors (Lipinski definition) is 1. The number of fused-ring (bicyclic) bond motifs is 3. The van der Waals surface area contributed by atoms with Crippen molar-refractivity contribution in [2.24, 2.45) is 0 Å². The fourth-order valence-electron chi connectivity index (χ4n) is 2.63. The van der Waals surface area contributed by atoms with Crippen molar-refractivity contribution in [1.82, 2.24) is 29.4 Å². The fourth-order valence-corrected chi connectivity index (χ4v) is 2.63. The van der Waals surface area contributed by atoms with Crippen molar-refractivity contribution < 1.29 is 9.53 Å². The summed E-state index contributed by atoms with van der Waals surface area (Å²) in [6.45, 7) is 1.91. The van der Waals surface area contributed by atoms with Crippen LogP contribution in [0.25, 0.3) is 22.5 Å². The van der Waals surface area contributed by atoms with Gasteiger partial charge in [-0.25, -0.2) is 14.2 Å². The molecule has 26 heavy (non-hydrogen) atoms. The van der Waals surface area contributed by atoms with Gasteiger partial charge in [-0.3, -0.25) is 0 Å². The highest BCUT2D eigenvalue weighted by Gasteiger charge is 2.20. The van der Waals surface area contributed by atoms with Crippen molar-refractivity contribution in [2.75, 3.05) is 12.3 Å². The Bertz CT molecular complexity index is 1200. The van der Waals surface area contributed by atoms with Crippen LogP contribution in [0.15, 0.2) is 41.3 Å². The van der Waals surface area contributed by atoms with E-state index in [4.69, 9.17) is 10.5 Å². The van der Waals surface area contributed by atoms with Crippen LogP contribution in [0.1, 0.15) is 17.3 Å². The van der Waals surface area contributed by atoms with Crippen LogP contribution >= 0.6 is 0 Å². The standard InChI is InChI=1S/C16H13N7O3/c1-2-26-15(24)10-8-18-23-13(10)21-20-11-12(17)22(16(25)19-14(11)23)9-6-4-3-5-7-9/h3-8H,2,17H2,1H3. The minimum Gasteiger partial charge on any atom is -0.462 e. The Balaban J connectivity index is 2.00. The molecule has 4 aromatic rings. The van der Waals surface area contributed by atoms with Gasteiger partial charge in [-0.15, -0.1) is 10.2 Å². The van der Waals surface area contributed by atoms with Crippen LogP contribution in [0.5, 0.6) is 0 Å². The summed E-state index contributed by atoms with van der Waals surface area (Å²) in [7, 11) is 0. The molecule has 1 aromatic carbocycles. The lowest BCUT2D eigenvalue weighted by Gasteiger charge is -2.10. The zero-order chi connectivity index (χ0) is 18.3. The number of rotatable bonds is 3. The van der Waals surface area contributed by atoms with E-state index in [-0.39, 0.29) is 34.8 Å². The van der Waals surface area contributed by atoms with Crippen LogP contribution in [-0.4, -0.2) is 41.9 Å². The summed E-state index contributed by atoms with van der Waals surface area (Å²) in [5.74, 6) is -0.504. The number of anilines is 1. The molecule has 2 N–H and O–H groups in total. The van der Waals surface area contributed by atoms with Crippen molar-refractivity contribution >= 4 is 28.6 Å². The van der Waals surface area contributed by atoms with E-state index in [1.807, 2.05) is 6.07 Å². The summed E-state index contributed by atoms with van der Waals surface area (Å²) in [4.78, 5) is 28.5. The largest absolute Gasteiger partial charge is 0.462 e. The molecule has 3 aromatic heterocycles. The monoisotopic (exact) mass is 351 g/mol. The molecule has 10 heteroatoms. The Labute approximate surface area is 145 Å². The third-order valence-corrected chi connectivity index (χ3v) is 3.79. The van der Waals surface area contributed by atoms with E-state index in [1.165, 1.54) is 15.3 Å². The number of ether oxygens (including phenoxy) is 1. The molecular formula is C16H13N7O3. The van der Waals surface area contributed by atoms with E-state index in [2.05, 4.69) is 20.3 Å². The topological polar surface area (TPSA) is 130 Å². The van der Waals surface area contributed by atoms with Crippen LogP contribution in [-0.2, 0) is 4.74 Å². The lowest BCUT2D eigenvalue weighted by molar-refractivity contribution is 0.0528.